The van der Waals surface area contributed by atoms with Crippen LogP contribution in [0.2, 0.25) is 0 Å². The van der Waals surface area contributed by atoms with E-state index in [4.69, 9.17) is 10.5 Å². The first-order chi connectivity index (χ1) is 7.65. The molecular weight excluding hydrogens is 229 g/mol. The van der Waals surface area contributed by atoms with Crippen LogP contribution in [0.5, 0.6) is 0 Å². The molecule has 0 fully saturated rings. The smallest absolute Gasteiger partial charge is 0.341 e. The number of carbonyl (C=O) groups excluding carboxylic acids is 1. The number of thioether (sulfide) groups is 1. The highest BCUT2D eigenvalue weighted by Crippen LogP contribution is 2.13. The number of hydrogen-bond acceptors (Lipinski definition) is 4. The molecule has 5 heteroatoms. The standard InChI is InChI=1S/C11H14FNO2S/c1-2-16-6-5-15-11(14)9-4-3-8(13)7-10(9)12/h3-4,7H,2,5-6,13H2,1H3. The molecule has 3 nitrogen and oxygen atoms in total. The molecule has 0 radical (unpaired) electrons. The van der Waals surface area contributed by atoms with E-state index in [1.807, 2.05) is 6.92 Å². The summed E-state index contributed by atoms with van der Waals surface area (Å²) in [6, 6.07) is 3.91. The van der Waals surface area contributed by atoms with Gasteiger partial charge in [-0.1, -0.05) is 6.92 Å². The van der Waals surface area contributed by atoms with Gasteiger partial charge in [0.1, 0.15) is 12.4 Å². The molecule has 0 atom stereocenters. The number of esters is 1. The van der Waals surface area contributed by atoms with Crippen LogP contribution in [0.15, 0.2) is 18.2 Å². The Morgan fingerprint density at radius 2 is 2.31 bits per heavy atom. The van der Waals surface area contributed by atoms with Crippen molar-refractivity contribution in [2.75, 3.05) is 23.8 Å². The van der Waals surface area contributed by atoms with Crippen molar-refractivity contribution in [1.29, 1.82) is 0 Å². The number of hydrogen-bond donors (Lipinski definition) is 1. The molecule has 0 aliphatic rings. The Kier molecular flexibility index (Phi) is 5.11. The first-order valence-corrected chi connectivity index (χ1v) is 6.10. The summed E-state index contributed by atoms with van der Waals surface area (Å²) in [5.74, 6) is 0.398. The number of anilines is 1. The molecule has 0 aliphatic carbocycles. The normalized spacial score (nSPS) is 10.1. The molecule has 16 heavy (non-hydrogen) atoms. The highest BCUT2D eigenvalue weighted by atomic mass is 32.2. The van der Waals surface area contributed by atoms with Crippen LogP contribution < -0.4 is 5.73 Å². The van der Waals surface area contributed by atoms with Gasteiger partial charge in [-0.05, 0) is 24.0 Å². The van der Waals surface area contributed by atoms with E-state index in [-0.39, 0.29) is 11.3 Å². The van der Waals surface area contributed by atoms with Gasteiger partial charge < -0.3 is 10.5 Å². The SMILES string of the molecule is CCSCCOC(=O)c1ccc(N)cc1F. The quantitative estimate of drug-likeness (QED) is 0.490. The fraction of sp³-hybridized carbons (Fsp3) is 0.364. The van der Waals surface area contributed by atoms with E-state index >= 15 is 0 Å². The molecule has 88 valence electrons. The first kappa shape index (κ1) is 12.8. The summed E-state index contributed by atoms with van der Waals surface area (Å²) in [5.41, 5.74) is 5.59. The third kappa shape index (κ3) is 3.73. The second kappa shape index (κ2) is 6.37. The minimum Gasteiger partial charge on any atom is -0.461 e. The van der Waals surface area contributed by atoms with Crippen LogP contribution in [0, 0.1) is 5.82 Å². The molecule has 0 bridgehead atoms. The minimum atomic E-state index is -0.645. The number of carbonyl (C=O) groups is 1. The third-order valence-corrected chi connectivity index (χ3v) is 2.74. The lowest BCUT2D eigenvalue weighted by atomic mass is 10.2. The van der Waals surface area contributed by atoms with Gasteiger partial charge in [-0.25, -0.2) is 9.18 Å². The Morgan fingerprint density at radius 3 is 2.94 bits per heavy atom. The molecule has 0 aromatic heterocycles. The van der Waals surface area contributed by atoms with E-state index in [2.05, 4.69) is 0 Å². The van der Waals surface area contributed by atoms with Crippen molar-refractivity contribution in [3.05, 3.63) is 29.6 Å². The summed E-state index contributed by atoms with van der Waals surface area (Å²) >= 11 is 1.66. The molecule has 1 rings (SSSR count). The van der Waals surface area contributed by atoms with Gasteiger partial charge in [0.2, 0.25) is 0 Å². The lowest BCUT2D eigenvalue weighted by molar-refractivity contribution is 0.0525. The second-order valence-electron chi connectivity index (χ2n) is 3.07. The predicted octanol–water partition coefficient (Wildman–Crippen LogP) is 2.32. The largest absolute Gasteiger partial charge is 0.461 e. The third-order valence-electron chi connectivity index (χ3n) is 1.88. The Hall–Kier alpha value is -1.23. The molecule has 0 unspecified atom stereocenters. The predicted molar refractivity (Wildman–Crippen MR) is 64.1 cm³/mol. The van der Waals surface area contributed by atoms with Crippen LogP contribution in [0.3, 0.4) is 0 Å². The molecule has 0 saturated heterocycles. The molecular formula is C11H14FNO2S. The number of ether oxygens (including phenoxy) is 1. The molecule has 0 spiro atoms. The summed E-state index contributed by atoms with van der Waals surface area (Å²) < 4.78 is 18.2. The van der Waals surface area contributed by atoms with Crippen LogP contribution >= 0.6 is 11.8 Å². The fourth-order valence-corrected chi connectivity index (χ4v) is 1.60. The van der Waals surface area contributed by atoms with E-state index in [9.17, 15) is 9.18 Å². The van der Waals surface area contributed by atoms with Gasteiger partial charge in [-0.2, -0.15) is 11.8 Å². The van der Waals surface area contributed by atoms with E-state index < -0.39 is 11.8 Å². The zero-order valence-corrected chi connectivity index (χ0v) is 9.85. The van der Waals surface area contributed by atoms with Crippen LogP contribution in [-0.4, -0.2) is 24.1 Å². The average molecular weight is 243 g/mol. The van der Waals surface area contributed by atoms with Crippen LogP contribution in [0.4, 0.5) is 10.1 Å². The summed E-state index contributed by atoms with van der Waals surface area (Å²) in [4.78, 5) is 11.4. The van der Waals surface area contributed by atoms with Crippen molar-refractivity contribution in [3.63, 3.8) is 0 Å². The van der Waals surface area contributed by atoms with Crippen molar-refractivity contribution < 1.29 is 13.9 Å². The fourth-order valence-electron chi connectivity index (χ4n) is 1.11. The summed E-state index contributed by atoms with van der Waals surface area (Å²) in [7, 11) is 0. The van der Waals surface area contributed by atoms with Crippen molar-refractivity contribution in [2.24, 2.45) is 0 Å². The molecule has 0 amide bonds. The highest BCUT2D eigenvalue weighted by molar-refractivity contribution is 7.99. The van der Waals surface area contributed by atoms with E-state index in [0.29, 0.717) is 6.61 Å². The lowest BCUT2D eigenvalue weighted by Gasteiger charge is -2.05. The summed E-state index contributed by atoms with van der Waals surface area (Å²) in [6.07, 6.45) is 0. The van der Waals surface area contributed by atoms with Crippen molar-refractivity contribution in [2.45, 2.75) is 6.92 Å². The highest BCUT2D eigenvalue weighted by Gasteiger charge is 2.12. The van der Waals surface area contributed by atoms with Crippen LogP contribution in [0.25, 0.3) is 0 Å². The number of nitrogens with two attached hydrogens (primary N) is 1. The monoisotopic (exact) mass is 243 g/mol. The zero-order chi connectivity index (χ0) is 12.0. The summed E-state index contributed by atoms with van der Waals surface area (Å²) in [6.45, 7) is 2.31. The van der Waals surface area contributed by atoms with Gasteiger partial charge in [-0.15, -0.1) is 0 Å². The Bertz CT molecular complexity index is 371. The minimum absolute atomic E-state index is 0.0734. The summed E-state index contributed by atoms with van der Waals surface area (Å²) in [5, 5.41) is 0. The molecule has 1 aromatic rings. The second-order valence-corrected chi connectivity index (χ2v) is 4.47. The van der Waals surface area contributed by atoms with Crippen LogP contribution in [0.1, 0.15) is 17.3 Å². The number of nitrogen functional groups attached to an aromatic ring is 1. The van der Waals surface area contributed by atoms with E-state index in [1.165, 1.54) is 12.1 Å². The molecule has 0 heterocycles. The molecule has 0 aliphatic heterocycles. The number of benzene rings is 1. The average Bonchev–Trinajstić information content (AvgIpc) is 2.24. The van der Waals surface area contributed by atoms with Crippen molar-refractivity contribution in [3.8, 4) is 0 Å². The van der Waals surface area contributed by atoms with Gasteiger partial charge in [0.25, 0.3) is 0 Å². The van der Waals surface area contributed by atoms with Crippen molar-refractivity contribution >= 4 is 23.4 Å². The zero-order valence-electron chi connectivity index (χ0n) is 9.03. The van der Waals surface area contributed by atoms with Crippen LogP contribution in [-0.2, 0) is 4.74 Å². The maximum absolute atomic E-state index is 13.3. The van der Waals surface area contributed by atoms with E-state index in [0.717, 1.165) is 17.6 Å². The number of rotatable bonds is 5. The van der Waals surface area contributed by atoms with Gasteiger partial charge in [0.05, 0.1) is 5.56 Å². The molecule has 1 aromatic carbocycles. The number of halogens is 1. The van der Waals surface area contributed by atoms with Gasteiger partial charge in [-0.3, -0.25) is 0 Å². The molecule has 2 N–H and O–H groups in total. The maximum atomic E-state index is 13.3. The Morgan fingerprint density at radius 1 is 1.56 bits per heavy atom. The van der Waals surface area contributed by atoms with Gasteiger partial charge in [0, 0.05) is 11.4 Å². The van der Waals surface area contributed by atoms with E-state index in [1.54, 1.807) is 11.8 Å². The Balaban J connectivity index is 2.53. The lowest BCUT2D eigenvalue weighted by Crippen LogP contribution is -2.10. The van der Waals surface area contributed by atoms with Crippen molar-refractivity contribution in [1.82, 2.24) is 0 Å². The Labute approximate surface area is 98.2 Å². The van der Waals surface area contributed by atoms with Gasteiger partial charge >= 0.3 is 5.97 Å². The topological polar surface area (TPSA) is 52.3 Å². The first-order valence-electron chi connectivity index (χ1n) is 4.95. The molecule has 0 saturated carbocycles. The maximum Gasteiger partial charge on any atom is 0.341 e. The van der Waals surface area contributed by atoms with Gasteiger partial charge in [0.15, 0.2) is 0 Å².